The number of rotatable bonds is 8. The van der Waals surface area contributed by atoms with E-state index in [-0.39, 0.29) is 11.7 Å². The Hall–Kier alpha value is -2.96. The number of carbonyl (C=O) groups excluding carboxylic acids is 2. The number of para-hydroxylation sites is 1. The van der Waals surface area contributed by atoms with E-state index in [2.05, 4.69) is 4.90 Å². The van der Waals surface area contributed by atoms with E-state index < -0.39 is 0 Å². The molecule has 0 unspecified atom stereocenters. The highest BCUT2D eigenvalue weighted by Crippen LogP contribution is 2.36. The molecule has 0 saturated carbocycles. The third kappa shape index (κ3) is 4.52. The molecule has 0 N–H and O–H groups in total. The summed E-state index contributed by atoms with van der Waals surface area (Å²) in [5, 5.41) is 0.906. The molecule has 4 heterocycles. The number of fused-ring (bicyclic) bond motifs is 4. The first kappa shape index (κ1) is 22.8. The monoisotopic (exact) mass is 460 g/mol. The van der Waals surface area contributed by atoms with Gasteiger partial charge in [-0.15, -0.1) is 0 Å². The Bertz CT molecular complexity index is 1190. The van der Waals surface area contributed by atoms with E-state index >= 15 is 0 Å². The van der Waals surface area contributed by atoms with Gasteiger partial charge in [0.05, 0.1) is 6.61 Å². The van der Waals surface area contributed by atoms with Crippen molar-refractivity contribution in [2.75, 3.05) is 46.9 Å². The number of hydrogen-bond donors (Lipinski definition) is 0. The molecule has 34 heavy (non-hydrogen) atoms. The highest BCUT2D eigenvalue weighted by molar-refractivity contribution is 6.02. The van der Waals surface area contributed by atoms with Crippen LogP contribution in [0.5, 0.6) is 0 Å². The molecule has 3 aromatic rings. The fourth-order valence-electron chi connectivity index (χ4n) is 5.46. The molecule has 3 aliphatic rings. The minimum Gasteiger partial charge on any atom is -0.452 e. The van der Waals surface area contributed by atoms with Crippen molar-refractivity contribution in [3.05, 3.63) is 59.9 Å². The maximum atomic E-state index is 13.1. The lowest BCUT2D eigenvalue weighted by Crippen LogP contribution is -2.47. The van der Waals surface area contributed by atoms with Crippen LogP contribution in [0, 0.1) is 11.8 Å². The van der Waals surface area contributed by atoms with Gasteiger partial charge in [0.15, 0.2) is 11.5 Å². The zero-order valence-electron chi connectivity index (χ0n) is 20.0. The SMILES string of the molecule is COCCN(C)C(=O)c1cccc(-c2cccc3cc(C(=O)C[C@H]4CN5CCC4CC5)oc23)c1. The van der Waals surface area contributed by atoms with Crippen LogP contribution in [0.1, 0.15) is 40.2 Å². The number of ether oxygens (including phenoxy) is 1. The number of ketones is 1. The molecule has 3 aliphatic heterocycles. The fraction of sp³-hybridized carbons (Fsp3) is 0.429. The molecule has 6 rings (SSSR count). The maximum Gasteiger partial charge on any atom is 0.253 e. The molecule has 0 spiro atoms. The number of methoxy groups -OCH3 is 1. The molecule has 2 aromatic carbocycles. The van der Waals surface area contributed by atoms with Gasteiger partial charge in [-0.2, -0.15) is 0 Å². The first-order valence-corrected chi connectivity index (χ1v) is 12.2. The predicted molar refractivity (Wildman–Crippen MR) is 132 cm³/mol. The van der Waals surface area contributed by atoms with Gasteiger partial charge in [0.2, 0.25) is 0 Å². The summed E-state index contributed by atoms with van der Waals surface area (Å²) in [5.41, 5.74) is 3.08. The number of likely N-dealkylation sites (N-methyl/N-ethyl adjacent to an activating group) is 1. The molecule has 3 saturated heterocycles. The lowest BCUT2D eigenvalue weighted by Gasteiger charge is -2.44. The lowest BCUT2D eigenvalue weighted by atomic mass is 9.76. The van der Waals surface area contributed by atoms with Crippen LogP contribution in [0.15, 0.2) is 52.9 Å². The molecule has 178 valence electrons. The van der Waals surface area contributed by atoms with Crippen molar-refractivity contribution < 1.29 is 18.7 Å². The van der Waals surface area contributed by atoms with E-state index in [1.54, 1.807) is 19.1 Å². The number of carbonyl (C=O) groups is 2. The van der Waals surface area contributed by atoms with Crippen LogP contribution in [-0.4, -0.2) is 68.4 Å². The predicted octanol–water partition coefficient (Wildman–Crippen LogP) is 4.73. The highest BCUT2D eigenvalue weighted by atomic mass is 16.5. The summed E-state index contributed by atoms with van der Waals surface area (Å²) < 4.78 is 11.3. The standard InChI is InChI=1S/C28H32N2O4/c1-29(13-14-33-2)28(32)22-7-3-5-20(15-22)24-8-4-6-21-17-26(34-27(21)24)25(31)16-23-18-30-11-9-19(23)10-12-30/h3-8,15,17,19,23H,9-14,16,18H2,1-2H3/t23-/m0/s1. The van der Waals surface area contributed by atoms with Crippen molar-refractivity contribution >= 4 is 22.7 Å². The first-order chi connectivity index (χ1) is 16.5. The second-order valence-electron chi connectivity index (χ2n) is 9.66. The summed E-state index contributed by atoms with van der Waals surface area (Å²) in [4.78, 5) is 30.1. The average molecular weight is 461 g/mol. The molecule has 0 aliphatic carbocycles. The number of nitrogens with zero attached hydrogens (tertiary/aromatic N) is 2. The topological polar surface area (TPSA) is 63.0 Å². The molecule has 6 heteroatoms. The summed E-state index contributed by atoms with van der Waals surface area (Å²) in [7, 11) is 3.40. The molecule has 1 amide bonds. The Morgan fingerprint density at radius 1 is 1.12 bits per heavy atom. The van der Waals surface area contributed by atoms with Crippen LogP contribution in [0.3, 0.4) is 0 Å². The molecule has 1 aromatic heterocycles. The average Bonchev–Trinajstić information content (AvgIpc) is 3.32. The Balaban J connectivity index is 1.39. The van der Waals surface area contributed by atoms with E-state index in [0.717, 1.165) is 23.1 Å². The Kier molecular flexibility index (Phi) is 6.53. The van der Waals surface area contributed by atoms with E-state index in [4.69, 9.17) is 9.15 Å². The van der Waals surface area contributed by atoms with E-state index in [1.807, 2.05) is 48.5 Å². The minimum absolute atomic E-state index is 0.0566. The van der Waals surface area contributed by atoms with Gasteiger partial charge in [0.1, 0.15) is 5.58 Å². The Labute approximate surface area is 200 Å². The number of piperidine rings is 3. The quantitative estimate of drug-likeness (QED) is 0.455. The van der Waals surface area contributed by atoms with Gasteiger partial charge >= 0.3 is 0 Å². The maximum absolute atomic E-state index is 13.1. The van der Waals surface area contributed by atoms with Crippen LogP contribution in [0.4, 0.5) is 0 Å². The van der Waals surface area contributed by atoms with Crippen molar-refractivity contribution in [3.63, 3.8) is 0 Å². The molecule has 0 radical (unpaired) electrons. The summed E-state index contributed by atoms with van der Waals surface area (Å²) in [5.74, 6) is 1.56. The van der Waals surface area contributed by atoms with E-state index in [0.29, 0.717) is 48.3 Å². The van der Waals surface area contributed by atoms with Crippen LogP contribution in [-0.2, 0) is 4.74 Å². The van der Waals surface area contributed by atoms with Gasteiger partial charge in [-0.05, 0) is 61.5 Å². The van der Waals surface area contributed by atoms with Crippen molar-refractivity contribution in [2.24, 2.45) is 11.8 Å². The van der Waals surface area contributed by atoms with Crippen molar-refractivity contribution in [2.45, 2.75) is 19.3 Å². The molecule has 2 bridgehead atoms. The number of Topliss-reactive ketones (excluding diaryl/α,β-unsaturated/α-hetero) is 1. The zero-order chi connectivity index (χ0) is 23.7. The van der Waals surface area contributed by atoms with Gasteiger partial charge in [0.25, 0.3) is 5.91 Å². The Morgan fingerprint density at radius 3 is 2.65 bits per heavy atom. The molecule has 6 nitrogen and oxygen atoms in total. The van der Waals surface area contributed by atoms with Gasteiger partial charge in [-0.3, -0.25) is 9.59 Å². The molecule has 3 fully saturated rings. The normalized spacial score (nSPS) is 21.6. The molecular formula is C28H32N2O4. The highest BCUT2D eigenvalue weighted by Gasteiger charge is 2.35. The van der Waals surface area contributed by atoms with Crippen LogP contribution >= 0.6 is 0 Å². The van der Waals surface area contributed by atoms with Crippen molar-refractivity contribution in [1.82, 2.24) is 9.80 Å². The van der Waals surface area contributed by atoms with Crippen LogP contribution in [0.2, 0.25) is 0 Å². The minimum atomic E-state index is -0.0566. The van der Waals surface area contributed by atoms with Crippen molar-refractivity contribution in [1.29, 1.82) is 0 Å². The summed E-state index contributed by atoms with van der Waals surface area (Å²) >= 11 is 0. The van der Waals surface area contributed by atoms with E-state index in [1.165, 1.54) is 25.9 Å². The van der Waals surface area contributed by atoms with Gasteiger partial charge in [-0.1, -0.05) is 30.3 Å². The number of amides is 1. The summed E-state index contributed by atoms with van der Waals surface area (Å²) in [6.07, 6.45) is 2.96. The van der Waals surface area contributed by atoms with Crippen molar-refractivity contribution in [3.8, 4) is 11.1 Å². The smallest absolute Gasteiger partial charge is 0.253 e. The second kappa shape index (κ2) is 9.72. The van der Waals surface area contributed by atoms with Gasteiger partial charge < -0.3 is 19.0 Å². The lowest BCUT2D eigenvalue weighted by molar-refractivity contribution is 0.0433. The third-order valence-electron chi connectivity index (χ3n) is 7.46. The fourth-order valence-corrected chi connectivity index (χ4v) is 5.46. The first-order valence-electron chi connectivity index (χ1n) is 12.2. The largest absolute Gasteiger partial charge is 0.452 e. The summed E-state index contributed by atoms with van der Waals surface area (Å²) in [6.45, 7) is 4.39. The van der Waals surface area contributed by atoms with Gasteiger partial charge in [0, 0.05) is 50.2 Å². The molecule has 1 atom stereocenters. The van der Waals surface area contributed by atoms with E-state index in [9.17, 15) is 9.59 Å². The molecular weight excluding hydrogens is 428 g/mol. The van der Waals surface area contributed by atoms with Crippen LogP contribution < -0.4 is 0 Å². The number of hydrogen-bond acceptors (Lipinski definition) is 5. The van der Waals surface area contributed by atoms with Gasteiger partial charge in [-0.25, -0.2) is 0 Å². The van der Waals surface area contributed by atoms with Crippen LogP contribution in [0.25, 0.3) is 22.1 Å². The third-order valence-corrected chi connectivity index (χ3v) is 7.46. The number of furan rings is 1. The summed E-state index contributed by atoms with van der Waals surface area (Å²) in [6, 6.07) is 15.3. The second-order valence-corrected chi connectivity index (χ2v) is 9.66. The number of benzene rings is 2. The Morgan fingerprint density at radius 2 is 1.91 bits per heavy atom. The zero-order valence-corrected chi connectivity index (χ0v) is 20.0.